The Kier molecular flexibility index (Phi) is 6.57. The molecule has 0 aromatic heterocycles. The van der Waals surface area contributed by atoms with E-state index in [1.807, 2.05) is 25.1 Å². The second-order valence-electron chi connectivity index (χ2n) is 8.19. The monoisotopic (exact) mass is 482 g/mol. The number of hydrogen-bond acceptors (Lipinski definition) is 7. The van der Waals surface area contributed by atoms with Crippen molar-refractivity contribution in [2.45, 2.75) is 32.1 Å². The number of hydrogen-bond donors (Lipinski definition) is 1. The van der Waals surface area contributed by atoms with Crippen LogP contribution in [0.15, 0.2) is 59.1 Å². The van der Waals surface area contributed by atoms with E-state index in [0.717, 1.165) is 16.9 Å². The first-order valence-electron chi connectivity index (χ1n) is 10.9. The molecule has 8 heteroatoms. The lowest BCUT2D eigenvalue weighted by Gasteiger charge is -2.41. The molecule has 2 aromatic rings. The van der Waals surface area contributed by atoms with Crippen molar-refractivity contribution in [3.63, 3.8) is 0 Å². The van der Waals surface area contributed by atoms with Crippen molar-refractivity contribution in [2.75, 3.05) is 26.2 Å². The Hall–Kier alpha value is -3.45. The number of anilines is 1. The minimum atomic E-state index is -0.703. The number of nitrogens with zero attached hydrogens (tertiary/aromatic N) is 1. The summed E-state index contributed by atoms with van der Waals surface area (Å²) >= 11 is 6.41. The van der Waals surface area contributed by atoms with Crippen LogP contribution in [0.4, 0.5) is 5.69 Å². The highest BCUT2D eigenvalue weighted by Gasteiger charge is 2.43. The van der Waals surface area contributed by atoms with Crippen LogP contribution in [0.2, 0.25) is 5.02 Å². The van der Waals surface area contributed by atoms with Gasteiger partial charge < -0.3 is 19.9 Å². The van der Waals surface area contributed by atoms with Crippen LogP contribution in [-0.2, 0) is 14.3 Å². The molecular formula is C26H27ClN2O5. The van der Waals surface area contributed by atoms with Gasteiger partial charge in [-0.3, -0.25) is 9.69 Å². The van der Waals surface area contributed by atoms with Crippen LogP contribution in [0.25, 0.3) is 0 Å². The normalized spacial score (nSPS) is 18.1. The van der Waals surface area contributed by atoms with Crippen LogP contribution in [0.3, 0.4) is 0 Å². The zero-order chi connectivity index (χ0) is 24.6. The first kappa shape index (κ1) is 23.7. The number of nitrogens with two attached hydrogens (primary N) is 1. The Balaban J connectivity index is 2.03. The summed E-state index contributed by atoms with van der Waals surface area (Å²) < 4.78 is 16.0. The third-order valence-corrected chi connectivity index (χ3v) is 6.83. The molecule has 0 amide bonds. The summed E-state index contributed by atoms with van der Waals surface area (Å²) in [5.41, 5.74) is 10.4. The van der Waals surface area contributed by atoms with Gasteiger partial charge in [0.25, 0.3) is 0 Å². The fourth-order valence-corrected chi connectivity index (χ4v) is 4.95. The summed E-state index contributed by atoms with van der Waals surface area (Å²) in [7, 11) is 4.39. The Morgan fingerprint density at radius 2 is 1.82 bits per heavy atom. The van der Waals surface area contributed by atoms with Gasteiger partial charge >= 0.3 is 5.97 Å². The molecule has 0 radical (unpaired) electrons. The van der Waals surface area contributed by atoms with Gasteiger partial charge in [0.1, 0.15) is 5.82 Å². The number of halogens is 1. The molecule has 2 aliphatic rings. The molecular weight excluding hydrogens is 456 g/mol. The number of Topliss-reactive ketones (excluding diaryl/α,β-unsaturated/α-hetero) is 1. The van der Waals surface area contributed by atoms with Crippen molar-refractivity contribution in [3.8, 4) is 11.5 Å². The number of carbonyl (C=O) groups is 2. The SMILES string of the molecule is COC(=O)C1=C(N)N(c2cccc(Cl)c2C)C2=C(C(=O)CCC2)[C@@H]1c1ccc(OC)c(OC)c1. The van der Waals surface area contributed by atoms with E-state index < -0.39 is 11.9 Å². The van der Waals surface area contributed by atoms with Gasteiger partial charge in [0.05, 0.1) is 38.5 Å². The van der Waals surface area contributed by atoms with E-state index in [-0.39, 0.29) is 17.2 Å². The van der Waals surface area contributed by atoms with E-state index in [4.69, 9.17) is 31.5 Å². The predicted octanol–water partition coefficient (Wildman–Crippen LogP) is 4.62. The third kappa shape index (κ3) is 3.80. The number of esters is 1. The molecule has 1 heterocycles. The van der Waals surface area contributed by atoms with E-state index >= 15 is 0 Å². The molecule has 0 unspecified atom stereocenters. The number of carbonyl (C=O) groups excluding carboxylic acids is 2. The second-order valence-corrected chi connectivity index (χ2v) is 8.60. The molecule has 1 atom stereocenters. The number of allylic oxidation sites excluding steroid dienone is 2. The lowest BCUT2D eigenvalue weighted by atomic mass is 9.75. The molecule has 0 saturated carbocycles. The van der Waals surface area contributed by atoms with Gasteiger partial charge in [-0.15, -0.1) is 0 Å². The number of ketones is 1. The Morgan fingerprint density at radius 1 is 1.09 bits per heavy atom. The second kappa shape index (κ2) is 9.43. The summed E-state index contributed by atoms with van der Waals surface area (Å²) in [4.78, 5) is 28.3. The van der Waals surface area contributed by atoms with Crippen LogP contribution < -0.4 is 20.1 Å². The van der Waals surface area contributed by atoms with Crippen molar-refractivity contribution in [1.82, 2.24) is 0 Å². The molecule has 0 bridgehead atoms. The summed E-state index contributed by atoms with van der Waals surface area (Å²) in [5.74, 6) is -0.0944. The average molecular weight is 483 g/mol. The van der Waals surface area contributed by atoms with Gasteiger partial charge in [-0.1, -0.05) is 23.7 Å². The maximum absolute atomic E-state index is 13.4. The van der Waals surface area contributed by atoms with Crippen LogP contribution in [-0.4, -0.2) is 33.1 Å². The summed E-state index contributed by atoms with van der Waals surface area (Å²) in [6, 6.07) is 10.8. The zero-order valence-corrected chi connectivity index (χ0v) is 20.4. The molecule has 1 aliphatic carbocycles. The number of rotatable bonds is 5. The quantitative estimate of drug-likeness (QED) is 0.621. The molecule has 2 N–H and O–H groups in total. The Morgan fingerprint density at radius 3 is 2.50 bits per heavy atom. The minimum absolute atomic E-state index is 0.0281. The van der Waals surface area contributed by atoms with E-state index in [1.54, 1.807) is 30.2 Å². The van der Waals surface area contributed by atoms with E-state index in [2.05, 4.69) is 0 Å². The van der Waals surface area contributed by atoms with Crippen LogP contribution in [0.5, 0.6) is 11.5 Å². The van der Waals surface area contributed by atoms with Gasteiger partial charge in [-0.25, -0.2) is 4.79 Å². The Labute approximate surface area is 203 Å². The molecule has 4 rings (SSSR count). The maximum atomic E-state index is 13.4. The lowest BCUT2D eigenvalue weighted by molar-refractivity contribution is -0.136. The summed E-state index contributed by atoms with van der Waals surface area (Å²) in [6.07, 6.45) is 1.71. The smallest absolute Gasteiger partial charge is 0.338 e. The van der Waals surface area contributed by atoms with Crippen LogP contribution >= 0.6 is 11.6 Å². The Bertz CT molecular complexity index is 1230. The lowest BCUT2D eigenvalue weighted by Crippen LogP contribution is -2.41. The van der Waals surface area contributed by atoms with Gasteiger partial charge in [-0.05, 0) is 55.2 Å². The largest absolute Gasteiger partial charge is 0.493 e. The van der Waals surface area contributed by atoms with E-state index in [9.17, 15) is 9.59 Å². The highest BCUT2D eigenvalue weighted by Crippen LogP contribution is 2.48. The molecule has 1 aliphatic heterocycles. The van der Waals surface area contributed by atoms with Crippen LogP contribution in [0.1, 0.15) is 36.3 Å². The molecule has 2 aromatic carbocycles. The summed E-state index contributed by atoms with van der Waals surface area (Å²) in [6.45, 7) is 1.88. The maximum Gasteiger partial charge on any atom is 0.338 e. The highest BCUT2D eigenvalue weighted by atomic mass is 35.5. The zero-order valence-electron chi connectivity index (χ0n) is 19.6. The third-order valence-electron chi connectivity index (χ3n) is 6.42. The number of ether oxygens (including phenoxy) is 3. The van der Waals surface area contributed by atoms with Crippen molar-refractivity contribution in [2.24, 2.45) is 5.73 Å². The van der Waals surface area contributed by atoms with Crippen molar-refractivity contribution < 1.29 is 23.8 Å². The minimum Gasteiger partial charge on any atom is -0.493 e. The number of methoxy groups -OCH3 is 3. The average Bonchev–Trinajstić information content (AvgIpc) is 2.84. The van der Waals surface area contributed by atoms with Gasteiger partial charge in [0.15, 0.2) is 17.3 Å². The van der Waals surface area contributed by atoms with E-state index in [0.29, 0.717) is 46.9 Å². The van der Waals surface area contributed by atoms with Gasteiger partial charge in [-0.2, -0.15) is 0 Å². The first-order chi connectivity index (χ1) is 16.3. The van der Waals surface area contributed by atoms with Gasteiger partial charge in [0, 0.05) is 22.7 Å². The van der Waals surface area contributed by atoms with Crippen molar-refractivity contribution in [3.05, 3.63) is 75.2 Å². The first-order valence-corrected chi connectivity index (χ1v) is 11.3. The van der Waals surface area contributed by atoms with E-state index in [1.165, 1.54) is 14.2 Å². The molecule has 0 spiro atoms. The molecule has 0 saturated heterocycles. The topological polar surface area (TPSA) is 91.1 Å². The fourth-order valence-electron chi connectivity index (χ4n) is 4.78. The standard InChI is InChI=1S/C26H27ClN2O5/c1-14-16(27)7-5-8-17(14)29-18-9-6-10-19(30)23(18)22(24(25(29)28)26(31)34-4)15-11-12-20(32-2)21(13-15)33-3/h5,7-8,11-13,22H,6,9-10,28H2,1-4H3/t22-/m0/s1. The molecule has 34 heavy (non-hydrogen) atoms. The van der Waals surface area contributed by atoms with Crippen molar-refractivity contribution in [1.29, 1.82) is 0 Å². The van der Waals surface area contributed by atoms with Crippen LogP contribution in [0, 0.1) is 6.92 Å². The predicted molar refractivity (Wildman–Crippen MR) is 130 cm³/mol. The molecule has 178 valence electrons. The molecule has 0 fully saturated rings. The number of benzene rings is 2. The molecule has 7 nitrogen and oxygen atoms in total. The fraction of sp³-hybridized carbons (Fsp3) is 0.308. The summed E-state index contributed by atoms with van der Waals surface area (Å²) in [5, 5.41) is 0.566. The van der Waals surface area contributed by atoms with Gasteiger partial charge in [0.2, 0.25) is 0 Å². The highest BCUT2D eigenvalue weighted by molar-refractivity contribution is 6.31. The van der Waals surface area contributed by atoms with Crippen molar-refractivity contribution >= 4 is 29.0 Å².